The van der Waals surface area contributed by atoms with Crippen molar-refractivity contribution in [2.75, 3.05) is 37.5 Å². The second-order valence-electron chi connectivity index (χ2n) is 8.59. The topological polar surface area (TPSA) is 105 Å². The molecule has 4 rings (SSSR count). The molecule has 0 aliphatic carbocycles. The Morgan fingerprint density at radius 1 is 0.946 bits per heavy atom. The third-order valence-electron chi connectivity index (χ3n) is 6.04. The van der Waals surface area contributed by atoms with Crippen LogP contribution in [0.3, 0.4) is 0 Å². The van der Waals surface area contributed by atoms with Gasteiger partial charge in [-0.25, -0.2) is 0 Å². The summed E-state index contributed by atoms with van der Waals surface area (Å²) in [7, 11) is 3.00. The maximum atomic E-state index is 13.4. The number of ether oxygens (including phenoxy) is 2. The average Bonchev–Trinajstić information content (AvgIpc) is 3.14. The number of fused-ring (bicyclic) bond motifs is 1. The van der Waals surface area contributed by atoms with Crippen LogP contribution in [0.2, 0.25) is 0 Å². The van der Waals surface area contributed by atoms with Gasteiger partial charge in [-0.15, -0.1) is 0 Å². The van der Waals surface area contributed by atoms with Crippen LogP contribution in [0.4, 0.5) is 11.4 Å². The molecule has 0 bridgehead atoms. The Morgan fingerprint density at radius 2 is 1.68 bits per heavy atom. The number of methoxy groups -OCH3 is 2. The van der Waals surface area contributed by atoms with Gasteiger partial charge in [0.1, 0.15) is 24.6 Å². The Labute approximate surface area is 214 Å². The van der Waals surface area contributed by atoms with Crippen LogP contribution in [-0.2, 0) is 20.9 Å². The molecule has 3 aromatic carbocycles. The van der Waals surface area contributed by atoms with Gasteiger partial charge in [-0.2, -0.15) is 0 Å². The summed E-state index contributed by atoms with van der Waals surface area (Å²) >= 11 is 0. The number of amides is 3. The second-order valence-corrected chi connectivity index (χ2v) is 8.59. The fraction of sp³-hybridized carbons (Fsp3) is 0.214. The molecule has 0 aromatic heterocycles. The van der Waals surface area contributed by atoms with Gasteiger partial charge in [-0.05, 0) is 36.8 Å². The molecule has 37 heavy (non-hydrogen) atoms. The first-order valence-corrected chi connectivity index (χ1v) is 11.6. The normalized spacial score (nSPS) is 12.2. The van der Waals surface area contributed by atoms with E-state index in [0.29, 0.717) is 22.9 Å². The molecule has 0 unspecified atom stereocenters. The second kappa shape index (κ2) is 10.9. The standard InChI is InChI=1S/C28H27N3O6/c1-18-8-10-19(11-9-18)15-30(16-25(32)29-22-13-12-20(36-2)14-24(22)37-3)26(33)17-31-23-7-5-4-6-21(23)27(34)28(31)35/h4-14H,15-17H2,1-3H3,(H,29,32). The molecule has 3 aromatic rings. The molecule has 0 atom stereocenters. The Balaban J connectivity index is 1.55. The van der Waals surface area contributed by atoms with Crippen LogP contribution < -0.4 is 19.7 Å². The monoisotopic (exact) mass is 501 g/mol. The van der Waals surface area contributed by atoms with Gasteiger partial charge in [0.05, 0.1) is 31.2 Å². The molecular weight excluding hydrogens is 474 g/mol. The lowest BCUT2D eigenvalue weighted by molar-refractivity contribution is -0.134. The van der Waals surface area contributed by atoms with E-state index in [9.17, 15) is 19.2 Å². The Bertz CT molecular complexity index is 1350. The molecule has 9 nitrogen and oxygen atoms in total. The molecule has 0 radical (unpaired) electrons. The minimum absolute atomic E-state index is 0.143. The number of rotatable bonds is 9. The van der Waals surface area contributed by atoms with Crippen molar-refractivity contribution in [3.8, 4) is 11.5 Å². The lowest BCUT2D eigenvalue weighted by Gasteiger charge is -2.25. The zero-order valence-electron chi connectivity index (χ0n) is 20.8. The van der Waals surface area contributed by atoms with Crippen LogP contribution in [0.25, 0.3) is 0 Å². The molecule has 0 fully saturated rings. The first-order chi connectivity index (χ1) is 17.8. The van der Waals surface area contributed by atoms with E-state index in [2.05, 4.69) is 5.32 Å². The number of hydrogen-bond acceptors (Lipinski definition) is 6. The summed E-state index contributed by atoms with van der Waals surface area (Å²) in [5.74, 6) is -1.38. The summed E-state index contributed by atoms with van der Waals surface area (Å²) < 4.78 is 10.5. The van der Waals surface area contributed by atoms with Gasteiger partial charge in [0.2, 0.25) is 11.8 Å². The zero-order chi connectivity index (χ0) is 26.5. The Hall–Kier alpha value is -4.66. The molecule has 190 valence electrons. The van der Waals surface area contributed by atoms with Gasteiger partial charge < -0.3 is 19.7 Å². The Kier molecular flexibility index (Phi) is 7.52. The van der Waals surface area contributed by atoms with Crippen molar-refractivity contribution in [1.29, 1.82) is 0 Å². The predicted molar refractivity (Wildman–Crippen MR) is 138 cm³/mol. The number of ketones is 1. The summed E-state index contributed by atoms with van der Waals surface area (Å²) in [6.45, 7) is 1.45. The third-order valence-corrected chi connectivity index (χ3v) is 6.04. The van der Waals surface area contributed by atoms with E-state index in [4.69, 9.17) is 9.47 Å². The fourth-order valence-electron chi connectivity index (χ4n) is 4.05. The van der Waals surface area contributed by atoms with Crippen LogP contribution in [0.15, 0.2) is 66.7 Å². The highest BCUT2D eigenvalue weighted by molar-refractivity contribution is 6.52. The third kappa shape index (κ3) is 5.61. The van der Waals surface area contributed by atoms with E-state index in [0.717, 1.165) is 16.0 Å². The largest absolute Gasteiger partial charge is 0.497 e. The lowest BCUT2D eigenvalue weighted by atomic mass is 10.1. The number of nitrogens with zero attached hydrogens (tertiary/aromatic N) is 2. The number of anilines is 2. The van der Waals surface area contributed by atoms with E-state index in [1.54, 1.807) is 42.5 Å². The highest BCUT2D eigenvalue weighted by Crippen LogP contribution is 2.30. The van der Waals surface area contributed by atoms with E-state index < -0.39 is 23.5 Å². The fourth-order valence-corrected chi connectivity index (χ4v) is 4.05. The molecule has 1 heterocycles. The van der Waals surface area contributed by atoms with Crippen LogP contribution in [0, 0.1) is 6.92 Å². The van der Waals surface area contributed by atoms with Crippen molar-refractivity contribution < 1.29 is 28.7 Å². The summed E-state index contributed by atoms with van der Waals surface area (Å²) in [4.78, 5) is 53.9. The number of aryl methyl sites for hydroxylation is 1. The van der Waals surface area contributed by atoms with Gasteiger partial charge >= 0.3 is 0 Å². The van der Waals surface area contributed by atoms with Crippen LogP contribution in [0.1, 0.15) is 21.5 Å². The number of carbonyl (C=O) groups is 4. The number of benzene rings is 3. The van der Waals surface area contributed by atoms with Crippen molar-refractivity contribution in [2.24, 2.45) is 0 Å². The first kappa shape index (κ1) is 25.4. The van der Waals surface area contributed by atoms with E-state index in [-0.39, 0.29) is 25.2 Å². The zero-order valence-corrected chi connectivity index (χ0v) is 20.8. The predicted octanol–water partition coefficient (Wildman–Crippen LogP) is 3.21. The van der Waals surface area contributed by atoms with Gasteiger partial charge in [-0.3, -0.25) is 24.1 Å². The highest BCUT2D eigenvalue weighted by Gasteiger charge is 2.37. The highest BCUT2D eigenvalue weighted by atomic mass is 16.5. The maximum Gasteiger partial charge on any atom is 0.299 e. The van der Waals surface area contributed by atoms with E-state index in [1.165, 1.54) is 19.1 Å². The SMILES string of the molecule is COc1ccc(NC(=O)CN(Cc2ccc(C)cc2)C(=O)CN2C(=O)C(=O)c3ccccc32)c(OC)c1. The Morgan fingerprint density at radius 3 is 2.38 bits per heavy atom. The maximum absolute atomic E-state index is 13.4. The minimum Gasteiger partial charge on any atom is -0.497 e. The number of carbonyl (C=O) groups excluding carboxylic acids is 4. The number of nitrogens with one attached hydrogen (secondary N) is 1. The molecule has 0 spiro atoms. The van der Waals surface area contributed by atoms with Crippen molar-refractivity contribution >= 4 is 34.9 Å². The molecular formula is C28H27N3O6. The van der Waals surface area contributed by atoms with Gasteiger partial charge in [-0.1, -0.05) is 42.0 Å². The van der Waals surface area contributed by atoms with Gasteiger partial charge in [0.15, 0.2) is 0 Å². The van der Waals surface area contributed by atoms with Crippen LogP contribution in [-0.4, -0.2) is 55.7 Å². The molecule has 0 saturated heterocycles. The van der Waals surface area contributed by atoms with E-state index in [1.807, 2.05) is 31.2 Å². The quantitative estimate of drug-likeness (QED) is 0.452. The number of hydrogen-bond donors (Lipinski definition) is 1. The molecule has 3 amide bonds. The van der Waals surface area contributed by atoms with E-state index >= 15 is 0 Å². The van der Waals surface area contributed by atoms with Gasteiger partial charge in [0, 0.05) is 12.6 Å². The average molecular weight is 502 g/mol. The summed E-state index contributed by atoms with van der Waals surface area (Å²) in [5.41, 5.74) is 2.94. The summed E-state index contributed by atoms with van der Waals surface area (Å²) in [6.07, 6.45) is 0. The van der Waals surface area contributed by atoms with Crippen LogP contribution >= 0.6 is 0 Å². The molecule has 1 N–H and O–H groups in total. The minimum atomic E-state index is -0.766. The molecule has 9 heteroatoms. The lowest BCUT2D eigenvalue weighted by Crippen LogP contribution is -2.45. The number of para-hydroxylation sites is 1. The summed E-state index contributed by atoms with van der Waals surface area (Å²) in [5, 5.41) is 2.77. The smallest absolute Gasteiger partial charge is 0.299 e. The first-order valence-electron chi connectivity index (χ1n) is 11.6. The van der Waals surface area contributed by atoms with Crippen molar-refractivity contribution in [3.63, 3.8) is 0 Å². The van der Waals surface area contributed by atoms with Gasteiger partial charge in [0.25, 0.3) is 11.7 Å². The summed E-state index contributed by atoms with van der Waals surface area (Å²) in [6, 6.07) is 19.1. The van der Waals surface area contributed by atoms with Crippen molar-refractivity contribution in [3.05, 3.63) is 83.4 Å². The van der Waals surface area contributed by atoms with Crippen molar-refractivity contribution in [1.82, 2.24) is 4.90 Å². The number of Topliss-reactive ketones (excluding diaryl/α,β-unsaturated/α-hetero) is 1. The molecule has 1 aliphatic rings. The van der Waals surface area contributed by atoms with Crippen LogP contribution in [0.5, 0.6) is 11.5 Å². The van der Waals surface area contributed by atoms with Crippen molar-refractivity contribution in [2.45, 2.75) is 13.5 Å². The molecule has 0 saturated carbocycles. The molecule has 1 aliphatic heterocycles.